The van der Waals surface area contributed by atoms with Crippen molar-refractivity contribution in [3.8, 4) is 23.0 Å². The number of rotatable bonds is 17. The Bertz CT molecular complexity index is 3440. The first-order valence-corrected chi connectivity index (χ1v) is 25.9. The largest absolute Gasteiger partial charge is 0.497 e. The molecular formula is C61H52ClN3O13S. The molecule has 1 heterocycles. The predicted molar refractivity (Wildman–Crippen MR) is 299 cm³/mol. The van der Waals surface area contributed by atoms with Gasteiger partial charge >= 0.3 is 23.9 Å². The molecule has 402 valence electrons. The lowest BCUT2D eigenvalue weighted by Crippen LogP contribution is -2.30. The van der Waals surface area contributed by atoms with Crippen LogP contribution in [0.15, 0.2) is 158 Å². The number of halogens is 1. The molecule has 0 radical (unpaired) electrons. The highest BCUT2D eigenvalue weighted by atomic mass is 35.5. The van der Waals surface area contributed by atoms with Crippen LogP contribution < -0.4 is 33.6 Å². The molecule has 1 saturated carbocycles. The van der Waals surface area contributed by atoms with Crippen molar-refractivity contribution < 1.29 is 62.0 Å². The summed E-state index contributed by atoms with van der Waals surface area (Å²) in [5.41, 5.74) is 3.67. The Labute approximate surface area is 464 Å². The monoisotopic (exact) mass is 1100 g/mol. The molecular weight excluding hydrogens is 1050 g/mol. The number of ketones is 1. The first-order valence-electron chi connectivity index (χ1n) is 24.7. The Hall–Kier alpha value is -9.19. The molecule has 79 heavy (non-hydrogen) atoms. The van der Waals surface area contributed by atoms with Gasteiger partial charge < -0.3 is 38.4 Å². The van der Waals surface area contributed by atoms with Gasteiger partial charge in [0.1, 0.15) is 23.0 Å². The summed E-state index contributed by atoms with van der Waals surface area (Å²) >= 11 is 7.15. The fourth-order valence-electron chi connectivity index (χ4n) is 8.54. The number of nitrogens with zero attached hydrogens (tertiary/aromatic N) is 3. The first-order chi connectivity index (χ1) is 38.0. The van der Waals surface area contributed by atoms with E-state index in [9.17, 15) is 38.4 Å². The van der Waals surface area contributed by atoms with Gasteiger partial charge in [0.05, 0.1) is 46.4 Å². The van der Waals surface area contributed by atoms with Crippen LogP contribution in [0.3, 0.4) is 0 Å². The second-order valence-electron chi connectivity index (χ2n) is 18.3. The van der Waals surface area contributed by atoms with E-state index in [1.54, 1.807) is 167 Å². The number of ether oxygens (including phenoxy) is 5. The molecule has 16 nitrogen and oxygen atoms in total. The molecule has 1 aromatic heterocycles. The van der Waals surface area contributed by atoms with Crippen LogP contribution in [0.5, 0.6) is 23.0 Å². The zero-order valence-corrected chi connectivity index (χ0v) is 45.1. The number of hydrogen-bond donors (Lipinski definition) is 0. The van der Waals surface area contributed by atoms with Crippen LogP contribution in [0.25, 0.3) is 6.08 Å². The summed E-state index contributed by atoms with van der Waals surface area (Å²) in [6.07, 6.45) is 4.57. The summed E-state index contributed by atoms with van der Waals surface area (Å²) in [6.45, 7) is 0. The number of allylic oxidation sites excluding steroid dienone is 1. The van der Waals surface area contributed by atoms with E-state index in [0.29, 0.717) is 85.5 Å². The first kappa shape index (κ1) is 56.0. The molecule has 0 bridgehead atoms. The van der Waals surface area contributed by atoms with Crippen LogP contribution in [0.1, 0.15) is 92.7 Å². The molecule has 1 aliphatic carbocycles. The Balaban J connectivity index is 0.776. The van der Waals surface area contributed by atoms with Gasteiger partial charge in [-0.05, 0) is 189 Å². The van der Waals surface area contributed by atoms with Gasteiger partial charge in [-0.25, -0.2) is 9.59 Å². The van der Waals surface area contributed by atoms with E-state index in [-0.39, 0.29) is 46.3 Å². The van der Waals surface area contributed by atoms with Gasteiger partial charge in [0.25, 0.3) is 17.7 Å². The van der Waals surface area contributed by atoms with Gasteiger partial charge in [0.15, 0.2) is 5.78 Å². The van der Waals surface area contributed by atoms with E-state index in [2.05, 4.69) is 0 Å². The molecule has 0 saturated heterocycles. The topological polar surface area (TPSA) is 192 Å². The molecule has 3 amide bonds. The number of hydrogen-bond acceptors (Lipinski definition) is 14. The van der Waals surface area contributed by atoms with Crippen molar-refractivity contribution in [2.75, 3.05) is 50.1 Å². The summed E-state index contributed by atoms with van der Waals surface area (Å²) in [4.78, 5) is 109. The van der Waals surface area contributed by atoms with Crippen molar-refractivity contribution in [2.45, 2.75) is 25.7 Å². The minimum Gasteiger partial charge on any atom is -0.497 e. The lowest BCUT2D eigenvalue weighted by molar-refractivity contribution is -0.145. The summed E-state index contributed by atoms with van der Waals surface area (Å²) in [5.74, 6) is -2.88. The highest BCUT2D eigenvalue weighted by Crippen LogP contribution is 2.34. The smallest absolute Gasteiger partial charge is 0.343 e. The number of thiophene rings is 1. The Morgan fingerprint density at radius 1 is 0.481 bits per heavy atom. The number of carbonyl (C=O) groups is 8. The molecule has 0 atom stereocenters. The highest BCUT2D eigenvalue weighted by Gasteiger charge is 2.33. The van der Waals surface area contributed by atoms with Crippen LogP contribution in [0.2, 0.25) is 4.34 Å². The molecule has 0 unspecified atom stereocenters. The second kappa shape index (κ2) is 25.3. The molecule has 0 spiro atoms. The van der Waals surface area contributed by atoms with Crippen LogP contribution in [0, 0.1) is 11.8 Å². The van der Waals surface area contributed by atoms with E-state index in [0.717, 1.165) is 11.3 Å². The van der Waals surface area contributed by atoms with Crippen molar-refractivity contribution >= 4 is 93.5 Å². The molecule has 0 N–H and O–H groups in total. The maximum Gasteiger partial charge on any atom is 0.343 e. The van der Waals surface area contributed by atoms with Crippen LogP contribution in [-0.4, -0.2) is 82.7 Å². The molecule has 7 aromatic rings. The molecule has 0 aliphatic heterocycles. The summed E-state index contributed by atoms with van der Waals surface area (Å²) in [6, 6.07) is 39.7. The zero-order chi connectivity index (χ0) is 56.3. The van der Waals surface area contributed by atoms with E-state index in [1.807, 2.05) is 0 Å². The van der Waals surface area contributed by atoms with Gasteiger partial charge in [0.2, 0.25) is 0 Å². The standard InChI is InChI=1S/C61H52ClN3O13S/c1-63(45-21-14-40(15-22-45)58(70)75-5)55(67)37-6-8-38(9-7-37)56(68)64(2)46-23-16-43(17-24-46)60(72)77-49-29-25-47(26-30-49)65(3)57(69)39-18-27-48(28-19-39)76-59(71)41-10-12-42(13-11-41)61(73)78-52-33-31-50(74-4)36-44(52)20-32-51(66)53-34-35-54(62)79-53/h6-9,14-36,41-42H,10-13H2,1-5H3/b32-20+. The van der Waals surface area contributed by atoms with Gasteiger partial charge in [-0.2, -0.15) is 0 Å². The molecule has 1 aliphatic rings. The zero-order valence-electron chi connectivity index (χ0n) is 43.5. The average Bonchev–Trinajstić information content (AvgIpc) is 3.99. The van der Waals surface area contributed by atoms with Gasteiger partial charge in [-0.3, -0.25) is 28.8 Å². The average molecular weight is 1100 g/mol. The number of amides is 3. The van der Waals surface area contributed by atoms with E-state index >= 15 is 0 Å². The number of carbonyl (C=O) groups excluding carboxylic acids is 8. The van der Waals surface area contributed by atoms with Crippen molar-refractivity contribution in [2.24, 2.45) is 11.8 Å². The summed E-state index contributed by atoms with van der Waals surface area (Å²) < 4.78 is 27.7. The van der Waals surface area contributed by atoms with Gasteiger partial charge in [-0.1, -0.05) is 11.6 Å². The minimum absolute atomic E-state index is 0.232. The molecule has 1 fully saturated rings. The Kier molecular flexibility index (Phi) is 17.9. The second-order valence-corrected chi connectivity index (χ2v) is 20.0. The third-order valence-corrected chi connectivity index (χ3v) is 14.5. The Morgan fingerprint density at radius 3 is 1.34 bits per heavy atom. The van der Waals surface area contributed by atoms with Crippen molar-refractivity contribution in [3.05, 3.63) is 200 Å². The maximum atomic E-state index is 13.5. The van der Waals surface area contributed by atoms with Crippen molar-refractivity contribution in [3.63, 3.8) is 0 Å². The summed E-state index contributed by atoms with van der Waals surface area (Å²) in [7, 11) is 7.59. The third-order valence-electron chi connectivity index (χ3n) is 13.3. The summed E-state index contributed by atoms with van der Waals surface area (Å²) in [5, 5.41) is 0. The van der Waals surface area contributed by atoms with Gasteiger partial charge in [0, 0.05) is 60.5 Å². The van der Waals surface area contributed by atoms with Crippen LogP contribution in [-0.2, 0) is 14.3 Å². The third kappa shape index (κ3) is 13.7. The molecule has 18 heteroatoms. The fourth-order valence-corrected chi connectivity index (χ4v) is 9.51. The number of anilines is 3. The highest BCUT2D eigenvalue weighted by molar-refractivity contribution is 7.18. The SMILES string of the molecule is COC(=O)c1ccc(N(C)C(=O)c2ccc(C(=O)N(C)c3ccc(C(=O)Oc4ccc(N(C)C(=O)c5ccc(OC(=O)C6CCC(C(=O)Oc7ccc(OC)cc7/C=C/C(=O)c7ccc(Cl)s7)CC6)cc5)cc4)cc3)cc2)cc1. The number of esters is 4. The van der Waals surface area contributed by atoms with Gasteiger partial charge in [-0.15, -0.1) is 11.3 Å². The van der Waals surface area contributed by atoms with Crippen molar-refractivity contribution in [1.82, 2.24) is 0 Å². The normalized spacial score (nSPS) is 13.8. The van der Waals surface area contributed by atoms with Crippen LogP contribution >= 0.6 is 22.9 Å². The Morgan fingerprint density at radius 2 is 0.886 bits per heavy atom. The van der Waals surface area contributed by atoms with E-state index < -0.39 is 35.7 Å². The van der Waals surface area contributed by atoms with E-state index in [1.165, 1.54) is 47.1 Å². The molecule has 6 aromatic carbocycles. The number of benzene rings is 6. The van der Waals surface area contributed by atoms with Crippen LogP contribution in [0.4, 0.5) is 17.1 Å². The van der Waals surface area contributed by atoms with Crippen molar-refractivity contribution in [1.29, 1.82) is 0 Å². The van der Waals surface area contributed by atoms with E-state index in [4.69, 9.17) is 35.3 Å². The lowest BCUT2D eigenvalue weighted by atomic mass is 9.82. The lowest BCUT2D eigenvalue weighted by Gasteiger charge is -2.26. The fraction of sp³-hybridized carbons (Fsp3) is 0.180. The number of methoxy groups -OCH3 is 2. The predicted octanol–water partition coefficient (Wildman–Crippen LogP) is 11.5. The minimum atomic E-state index is -0.641. The maximum absolute atomic E-state index is 13.5. The quantitative estimate of drug-likeness (QED) is 0.0362. The molecule has 8 rings (SSSR count).